The molecule has 1 aliphatic rings. The number of halogens is 2. The lowest BCUT2D eigenvalue weighted by Gasteiger charge is -2.32. The predicted octanol–water partition coefficient (Wildman–Crippen LogP) is 2.43. The van der Waals surface area contributed by atoms with Crippen molar-refractivity contribution in [2.24, 2.45) is 5.73 Å². The van der Waals surface area contributed by atoms with Crippen molar-refractivity contribution >= 4 is 23.3 Å². The second-order valence-corrected chi connectivity index (χ2v) is 4.75. The quantitative estimate of drug-likeness (QED) is 0.868. The Kier molecular flexibility index (Phi) is 3.91. The van der Waals surface area contributed by atoms with E-state index >= 15 is 0 Å². The smallest absolute Gasteiger partial charge is 0.314 e. The van der Waals surface area contributed by atoms with Crippen molar-refractivity contribution in [1.82, 2.24) is 4.90 Å². The molecule has 4 nitrogen and oxygen atoms in total. The van der Waals surface area contributed by atoms with Crippen molar-refractivity contribution in [3.63, 3.8) is 0 Å². The molecule has 6 heteroatoms. The molecule has 2 amide bonds. The summed E-state index contributed by atoms with van der Waals surface area (Å²) in [5, 5.41) is 3.46. The number of likely N-dealkylation sites (tertiary alicyclic amines) is 1. The summed E-state index contributed by atoms with van der Waals surface area (Å²) in [5.74, 6) is -0.361. The van der Waals surface area contributed by atoms with E-state index in [1.807, 2.05) is 0 Å². The third-order valence-corrected chi connectivity index (χ3v) is 3.43. The van der Waals surface area contributed by atoms with E-state index < -0.39 is 6.03 Å². The zero-order valence-electron chi connectivity index (χ0n) is 9.83. The number of hydrogen-bond donors (Lipinski definition) is 2. The summed E-state index contributed by atoms with van der Waals surface area (Å²) in [6, 6.07) is 4.28. The van der Waals surface area contributed by atoms with Crippen LogP contribution in [0.3, 0.4) is 0 Å². The topological polar surface area (TPSA) is 58.4 Å². The SMILES string of the molecule is NC(=O)N1CCC(Nc2c(F)cccc2Cl)CC1. The number of hydrogen-bond acceptors (Lipinski definition) is 2. The minimum absolute atomic E-state index is 0.106. The van der Waals surface area contributed by atoms with E-state index in [2.05, 4.69) is 5.32 Å². The van der Waals surface area contributed by atoms with E-state index in [4.69, 9.17) is 17.3 Å². The number of amides is 2. The summed E-state index contributed by atoms with van der Waals surface area (Å²) in [5.41, 5.74) is 5.53. The fourth-order valence-corrected chi connectivity index (χ4v) is 2.30. The van der Waals surface area contributed by atoms with Crippen molar-refractivity contribution in [2.45, 2.75) is 18.9 Å². The van der Waals surface area contributed by atoms with Gasteiger partial charge in [-0.05, 0) is 25.0 Å². The van der Waals surface area contributed by atoms with Gasteiger partial charge in [0.15, 0.2) is 0 Å². The second-order valence-electron chi connectivity index (χ2n) is 4.34. The molecule has 1 saturated heterocycles. The lowest BCUT2D eigenvalue weighted by Crippen LogP contribution is -2.44. The number of carbonyl (C=O) groups excluding carboxylic acids is 1. The van der Waals surface area contributed by atoms with Crippen LogP contribution in [0, 0.1) is 5.82 Å². The van der Waals surface area contributed by atoms with Crippen LogP contribution in [-0.2, 0) is 0 Å². The van der Waals surface area contributed by atoms with Gasteiger partial charge in [0.05, 0.1) is 10.7 Å². The van der Waals surface area contributed by atoms with Crippen molar-refractivity contribution in [2.75, 3.05) is 18.4 Å². The molecule has 1 heterocycles. The lowest BCUT2D eigenvalue weighted by molar-refractivity contribution is 0.193. The number of para-hydroxylation sites is 1. The van der Waals surface area contributed by atoms with Crippen LogP contribution in [0.1, 0.15) is 12.8 Å². The van der Waals surface area contributed by atoms with Crippen LogP contribution in [0.15, 0.2) is 18.2 Å². The highest BCUT2D eigenvalue weighted by molar-refractivity contribution is 6.33. The van der Waals surface area contributed by atoms with Crippen LogP contribution in [-0.4, -0.2) is 30.1 Å². The summed E-state index contributed by atoms with van der Waals surface area (Å²) in [4.78, 5) is 12.6. The number of nitrogens with one attached hydrogen (secondary N) is 1. The molecular weight excluding hydrogens is 257 g/mol. The number of nitrogens with zero attached hydrogens (tertiary/aromatic N) is 1. The minimum atomic E-state index is -0.405. The van der Waals surface area contributed by atoms with Crippen molar-refractivity contribution in [3.05, 3.63) is 29.0 Å². The highest BCUT2D eigenvalue weighted by atomic mass is 35.5. The number of carbonyl (C=O) groups is 1. The standard InChI is InChI=1S/C12H15ClFN3O/c13-9-2-1-3-10(14)11(9)16-8-4-6-17(7-5-8)12(15)18/h1-3,8,16H,4-7H2,(H2,15,18). The summed E-state index contributed by atoms with van der Waals surface area (Å²) in [6.45, 7) is 1.16. The largest absolute Gasteiger partial charge is 0.379 e. The molecule has 0 aromatic heterocycles. The van der Waals surface area contributed by atoms with Gasteiger partial charge in [0.1, 0.15) is 5.82 Å². The molecule has 3 N–H and O–H groups in total. The van der Waals surface area contributed by atoms with Gasteiger partial charge in [-0.15, -0.1) is 0 Å². The number of rotatable bonds is 2. The van der Waals surface area contributed by atoms with E-state index in [1.165, 1.54) is 6.07 Å². The van der Waals surface area contributed by atoms with Crippen LogP contribution < -0.4 is 11.1 Å². The molecule has 1 fully saturated rings. The Labute approximate surface area is 110 Å². The molecule has 0 saturated carbocycles. The first-order valence-electron chi connectivity index (χ1n) is 5.83. The fraction of sp³-hybridized carbons (Fsp3) is 0.417. The van der Waals surface area contributed by atoms with Crippen LogP contribution >= 0.6 is 11.6 Å². The van der Waals surface area contributed by atoms with Gasteiger partial charge in [-0.25, -0.2) is 9.18 Å². The van der Waals surface area contributed by atoms with Gasteiger partial charge < -0.3 is 16.0 Å². The van der Waals surface area contributed by atoms with Gasteiger partial charge in [-0.3, -0.25) is 0 Å². The zero-order chi connectivity index (χ0) is 13.1. The van der Waals surface area contributed by atoms with Gasteiger partial charge in [-0.1, -0.05) is 17.7 Å². The summed E-state index contributed by atoms with van der Waals surface area (Å²) >= 11 is 5.94. The van der Waals surface area contributed by atoms with Gasteiger partial charge >= 0.3 is 6.03 Å². The summed E-state index contributed by atoms with van der Waals surface area (Å²) < 4.78 is 13.6. The van der Waals surface area contributed by atoms with E-state index in [1.54, 1.807) is 17.0 Å². The molecule has 1 aromatic rings. The minimum Gasteiger partial charge on any atom is -0.379 e. The third kappa shape index (κ3) is 2.85. The van der Waals surface area contributed by atoms with Crippen LogP contribution in [0.5, 0.6) is 0 Å². The number of piperidine rings is 1. The normalized spacial score (nSPS) is 16.7. The van der Waals surface area contributed by atoms with Gasteiger partial charge in [0.2, 0.25) is 0 Å². The zero-order valence-corrected chi connectivity index (χ0v) is 10.6. The molecule has 0 radical (unpaired) electrons. The van der Waals surface area contributed by atoms with E-state index in [0.717, 1.165) is 12.8 Å². The van der Waals surface area contributed by atoms with Gasteiger partial charge in [0.25, 0.3) is 0 Å². The Morgan fingerprint density at radius 1 is 1.44 bits per heavy atom. The van der Waals surface area contributed by atoms with Crippen molar-refractivity contribution < 1.29 is 9.18 Å². The summed E-state index contributed by atoms with van der Waals surface area (Å²) in [7, 11) is 0. The first-order valence-corrected chi connectivity index (χ1v) is 6.20. The van der Waals surface area contributed by atoms with E-state index in [9.17, 15) is 9.18 Å². The Balaban J connectivity index is 1.98. The van der Waals surface area contributed by atoms with Crippen LogP contribution in [0.25, 0.3) is 0 Å². The van der Waals surface area contributed by atoms with Crippen LogP contribution in [0.2, 0.25) is 5.02 Å². The van der Waals surface area contributed by atoms with Crippen molar-refractivity contribution in [1.29, 1.82) is 0 Å². The molecular formula is C12H15ClFN3O. The molecule has 18 heavy (non-hydrogen) atoms. The Bertz CT molecular complexity index is 427. The Morgan fingerprint density at radius 2 is 2.11 bits per heavy atom. The highest BCUT2D eigenvalue weighted by Crippen LogP contribution is 2.27. The molecule has 2 rings (SSSR count). The monoisotopic (exact) mass is 271 g/mol. The number of benzene rings is 1. The maximum atomic E-state index is 13.6. The number of anilines is 1. The first-order chi connectivity index (χ1) is 8.58. The van der Waals surface area contributed by atoms with Gasteiger partial charge in [0, 0.05) is 19.1 Å². The molecule has 0 aliphatic carbocycles. The molecule has 1 aromatic carbocycles. The number of nitrogens with two attached hydrogens (primary N) is 1. The predicted molar refractivity (Wildman–Crippen MR) is 69.2 cm³/mol. The lowest BCUT2D eigenvalue weighted by atomic mass is 10.0. The molecule has 0 bridgehead atoms. The molecule has 0 atom stereocenters. The maximum Gasteiger partial charge on any atom is 0.314 e. The maximum absolute atomic E-state index is 13.6. The van der Waals surface area contributed by atoms with E-state index in [0.29, 0.717) is 23.8 Å². The molecule has 98 valence electrons. The number of primary amides is 1. The van der Waals surface area contributed by atoms with E-state index in [-0.39, 0.29) is 11.9 Å². The third-order valence-electron chi connectivity index (χ3n) is 3.12. The molecule has 0 unspecified atom stereocenters. The van der Waals surface area contributed by atoms with Gasteiger partial charge in [-0.2, -0.15) is 0 Å². The Hall–Kier alpha value is -1.49. The fourth-order valence-electron chi connectivity index (χ4n) is 2.08. The Morgan fingerprint density at radius 3 is 2.67 bits per heavy atom. The summed E-state index contributed by atoms with van der Waals surface area (Å²) in [6.07, 6.45) is 1.46. The van der Waals surface area contributed by atoms with Crippen molar-refractivity contribution in [3.8, 4) is 0 Å². The molecule has 0 spiro atoms. The first kappa shape index (κ1) is 13.0. The highest BCUT2D eigenvalue weighted by Gasteiger charge is 2.22. The average molecular weight is 272 g/mol. The molecule has 1 aliphatic heterocycles. The van der Waals surface area contributed by atoms with Crippen LogP contribution in [0.4, 0.5) is 14.9 Å². The second kappa shape index (κ2) is 5.44. The number of urea groups is 1. The average Bonchev–Trinajstić information content (AvgIpc) is 2.34.